The van der Waals surface area contributed by atoms with E-state index in [0.717, 1.165) is 32.0 Å². The third kappa shape index (κ3) is 3.94. The number of nitrogens with zero attached hydrogens (tertiary/aromatic N) is 1. The number of aliphatic hydroxyl groups excluding tert-OH is 1. The van der Waals surface area contributed by atoms with Gasteiger partial charge in [0.05, 0.1) is 18.8 Å². The lowest BCUT2D eigenvalue weighted by Crippen LogP contribution is -2.50. The zero-order chi connectivity index (χ0) is 12.3. The summed E-state index contributed by atoms with van der Waals surface area (Å²) in [5, 5.41) is 10.2. The van der Waals surface area contributed by atoms with E-state index in [0.29, 0.717) is 12.1 Å². The Labute approximate surface area is 105 Å². The summed E-state index contributed by atoms with van der Waals surface area (Å²) < 4.78 is 5.61. The predicted molar refractivity (Wildman–Crippen MR) is 69.0 cm³/mol. The topological polar surface area (TPSA) is 32.7 Å². The van der Waals surface area contributed by atoms with Crippen LogP contribution in [-0.4, -0.2) is 48.0 Å². The molecule has 3 unspecified atom stereocenters. The van der Waals surface area contributed by atoms with Crippen LogP contribution in [0.3, 0.4) is 0 Å². The lowest BCUT2D eigenvalue weighted by molar-refractivity contribution is -0.0633. The van der Waals surface area contributed by atoms with Crippen LogP contribution in [0.25, 0.3) is 0 Å². The van der Waals surface area contributed by atoms with Crippen molar-refractivity contribution < 1.29 is 9.84 Å². The zero-order valence-corrected chi connectivity index (χ0v) is 11.3. The van der Waals surface area contributed by atoms with E-state index in [2.05, 4.69) is 18.7 Å². The van der Waals surface area contributed by atoms with Gasteiger partial charge in [0, 0.05) is 19.1 Å². The largest absolute Gasteiger partial charge is 0.392 e. The maximum absolute atomic E-state index is 10.2. The second kappa shape index (κ2) is 6.17. The fourth-order valence-electron chi connectivity index (χ4n) is 3.20. The summed E-state index contributed by atoms with van der Waals surface area (Å²) in [5.41, 5.74) is 0. The van der Waals surface area contributed by atoms with Gasteiger partial charge in [0.2, 0.25) is 0 Å². The normalized spacial score (nSPS) is 34.1. The highest BCUT2D eigenvalue weighted by Crippen LogP contribution is 2.29. The van der Waals surface area contributed by atoms with E-state index in [1.165, 1.54) is 25.7 Å². The van der Waals surface area contributed by atoms with Gasteiger partial charge >= 0.3 is 0 Å². The Morgan fingerprint density at radius 2 is 2.00 bits per heavy atom. The molecule has 1 N–H and O–H groups in total. The van der Waals surface area contributed by atoms with Crippen molar-refractivity contribution in [3.8, 4) is 0 Å². The third-order valence-electron chi connectivity index (χ3n) is 4.26. The number of hydrogen-bond acceptors (Lipinski definition) is 3. The maximum Gasteiger partial charge on any atom is 0.0674 e. The van der Waals surface area contributed by atoms with E-state index in [9.17, 15) is 5.11 Å². The molecule has 1 saturated carbocycles. The van der Waals surface area contributed by atoms with Gasteiger partial charge in [0.25, 0.3) is 0 Å². The Morgan fingerprint density at radius 3 is 2.71 bits per heavy atom. The highest BCUT2D eigenvalue weighted by molar-refractivity contribution is 4.79. The molecular weight excluding hydrogens is 214 g/mol. The fraction of sp³-hybridized carbons (Fsp3) is 1.00. The second-order valence-electron chi connectivity index (χ2n) is 5.99. The molecule has 2 fully saturated rings. The van der Waals surface area contributed by atoms with Crippen LogP contribution in [0, 0.1) is 5.92 Å². The number of rotatable bonds is 4. The minimum Gasteiger partial charge on any atom is -0.392 e. The fourth-order valence-corrected chi connectivity index (χ4v) is 3.20. The zero-order valence-electron chi connectivity index (χ0n) is 11.3. The van der Waals surface area contributed by atoms with E-state index in [-0.39, 0.29) is 6.10 Å². The highest BCUT2D eigenvalue weighted by Gasteiger charge is 2.26. The molecule has 1 heterocycles. The molecule has 3 atom stereocenters. The lowest BCUT2D eigenvalue weighted by Gasteiger charge is -2.38. The average Bonchev–Trinajstić information content (AvgIpc) is 2.76. The van der Waals surface area contributed by atoms with Crippen molar-refractivity contribution in [3.05, 3.63) is 0 Å². The molecule has 3 nitrogen and oxygen atoms in total. The van der Waals surface area contributed by atoms with Gasteiger partial charge in [-0.1, -0.05) is 25.7 Å². The molecule has 1 aliphatic carbocycles. The molecule has 0 amide bonds. The second-order valence-corrected chi connectivity index (χ2v) is 5.99. The molecule has 1 saturated heterocycles. The van der Waals surface area contributed by atoms with Crippen LogP contribution in [-0.2, 0) is 4.74 Å². The Bertz CT molecular complexity index is 228. The van der Waals surface area contributed by atoms with Crippen LogP contribution in [0.15, 0.2) is 0 Å². The van der Waals surface area contributed by atoms with E-state index in [1.54, 1.807) is 0 Å². The first-order chi connectivity index (χ1) is 8.15. The van der Waals surface area contributed by atoms with Crippen LogP contribution in [0.2, 0.25) is 0 Å². The molecule has 2 rings (SSSR count). The van der Waals surface area contributed by atoms with Crippen molar-refractivity contribution in [1.82, 2.24) is 4.90 Å². The van der Waals surface area contributed by atoms with Gasteiger partial charge in [-0.3, -0.25) is 4.90 Å². The molecule has 0 aromatic heterocycles. The summed E-state index contributed by atoms with van der Waals surface area (Å²) in [6, 6.07) is 0.449. The summed E-state index contributed by atoms with van der Waals surface area (Å²) in [6.45, 7) is 6.89. The minimum absolute atomic E-state index is 0.147. The van der Waals surface area contributed by atoms with E-state index in [1.807, 2.05) is 0 Å². The number of morpholine rings is 1. The number of β-amino-alcohol motifs (C(OH)–C–C–N with tert-alkyl or cyclic N) is 1. The van der Waals surface area contributed by atoms with Crippen LogP contribution < -0.4 is 0 Å². The summed E-state index contributed by atoms with van der Waals surface area (Å²) >= 11 is 0. The molecule has 0 spiro atoms. The summed E-state index contributed by atoms with van der Waals surface area (Å²) in [5.74, 6) is 0.777. The standard InChI is InChI=1S/C14H27NO2/c1-11-10-17-12(2)8-15(11)9-14(16)7-13-5-3-4-6-13/h11-14,16H,3-10H2,1-2H3. The van der Waals surface area contributed by atoms with E-state index < -0.39 is 0 Å². The first-order valence-corrected chi connectivity index (χ1v) is 7.19. The van der Waals surface area contributed by atoms with Crippen molar-refractivity contribution in [2.24, 2.45) is 5.92 Å². The molecule has 0 aromatic rings. The summed E-state index contributed by atoms with van der Waals surface area (Å²) in [4.78, 5) is 2.38. The van der Waals surface area contributed by atoms with Crippen molar-refractivity contribution >= 4 is 0 Å². The van der Waals surface area contributed by atoms with Gasteiger partial charge in [0.1, 0.15) is 0 Å². The first-order valence-electron chi connectivity index (χ1n) is 7.19. The Balaban J connectivity index is 1.74. The van der Waals surface area contributed by atoms with Gasteiger partial charge < -0.3 is 9.84 Å². The van der Waals surface area contributed by atoms with Crippen LogP contribution in [0.1, 0.15) is 46.0 Å². The quantitative estimate of drug-likeness (QED) is 0.817. The van der Waals surface area contributed by atoms with Crippen molar-refractivity contribution in [1.29, 1.82) is 0 Å². The molecule has 2 aliphatic rings. The SMILES string of the molecule is CC1CN(CC(O)CC2CCCC2)C(C)CO1. The third-order valence-corrected chi connectivity index (χ3v) is 4.26. The van der Waals surface area contributed by atoms with Gasteiger partial charge in [-0.25, -0.2) is 0 Å². The van der Waals surface area contributed by atoms with Crippen LogP contribution in [0.4, 0.5) is 0 Å². The number of hydrogen-bond donors (Lipinski definition) is 1. The molecule has 0 bridgehead atoms. The van der Waals surface area contributed by atoms with Crippen LogP contribution >= 0.6 is 0 Å². The van der Waals surface area contributed by atoms with Crippen molar-refractivity contribution in [2.75, 3.05) is 19.7 Å². The Hall–Kier alpha value is -0.120. The van der Waals surface area contributed by atoms with Crippen molar-refractivity contribution in [3.63, 3.8) is 0 Å². The summed E-state index contributed by atoms with van der Waals surface area (Å²) in [6.07, 6.45) is 6.54. The van der Waals surface area contributed by atoms with Gasteiger partial charge in [-0.15, -0.1) is 0 Å². The molecule has 0 aromatic carbocycles. The number of aliphatic hydroxyl groups is 1. The average molecular weight is 241 g/mol. The Morgan fingerprint density at radius 1 is 1.29 bits per heavy atom. The highest BCUT2D eigenvalue weighted by atomic mass is 16.5. The van der Waals surface area contributed by atoms with Crippen LogP contribution in [0.5, 0.6) is 0 Å². The number of ether oxygens (including phenoxy) is 1. The van der Waals surface area contributed by atoms with Crippen molar-refractivity contribution in [2.45, 2.75) is 64.2 Å². The van der Waals surface area contributed by atoms with E-state index in [4.69, 9.17) is 4.74 Å². The smallest absolute Gasteiger partial charge is 0.0674 e. The predicted octanol–water partition coefficient (Wildman–Crippen LogP) is 2.04. The molecule has 0 radical (unpaired) electrons. The molecule has 100 valence electrons. The summed E-state index contributed by atoms with van der Waals surface area (Å²) in [7, 11) is 0. The first kappa shape index (κ1) is 13.3. The lowest BCUT2D eigenvalue weighted by atomic mass is 9.99. The molecule has 3 heteroatoms. The maximum atomic E-state index is 10.2. The molecular formula is C14H27NO2. The van der Waals surface area contributed by atoms with Gasteiger partial charge in [-0.05, 0) is 26.2 Å². The monoisotopic (exact) mass is 241 g/mol. The van der Waals surface area contributed by atoms with E-state index >= 15 is 0 Å². The minimum atomic E-state index is -0.147. The van der Waals surface area contributed by atoms with Gasteiger partial charge in [-0.2, -0.15) is 0 Å². The molecule has 17 heavy (non-hydrogen) atoms. The molecule has 1 aliphatic heterocycles. The Kier molecular flexibility index (Phi) is 4.83. The van der Waals surface area contributed by atoms with Gasteiger partial charge in [0.15, 0.2) is 0 Å².